The average molecular weight is 417 g/mol. The smallest absolute Gasteiger partial charge is 0.416 e. The summed E-state index contributed by atoms with van der Waals surface area (Å²) in [5, 5.41) is 9.08. The molecule has 1 heterocycles. The van der Waals surface area contributed by atoms with Crippen LogP contribution in [0.3, 0.4) is 0 Å². The fourth-order valence-corrected chi connectivity index (χ4v) is 2.69. The van der Waals surface area contributed by atoms with Crippen molar-refractivity contribution in [2.45, 2.75) is 18.7 Å². The molecule has 28 heavy (non-hydrogen) atoms. The van der Waals surface area contributed by atoms with E-state index in [0.717, 1.165) is 18.2 Å². The number of carboxylic acid groups (broad SMARTS) is 1. The lowest BCUT2D eigenvalue weighted by atomic mass is 10.1. The molecule has 10 heteroatoms. The Bertz CT molecular complexity index is 928. The second-order valence-corrected chi connectivity index (χ2v) is 6.18. The molecule has 0 saturated carbocycles. The second-order valence-electron chi connectivity index (χ2n) is 5.77. The topological polar surface area (TPSA) is 82.1 Å². The van der Waals surface area contributed by atoms with E-state index >= 15 is 0 Å². The third-order valence-electron chi connectivity index (χ3n) is 3.82. The molecule has 2 aromatic rings. The quantitative estimate of drug-likeness (QED) is 0.720. The minimum atomic E-state index is -4.56. The summed E-state index contributed by atoms with van der Waals surface area (Å²) in [4.78, 5) is 23.0. The number of hydrogen-bond donors (Lipinski definition) is 1. The Kier molecular flexibility index (Phi) is 5.37. The van der Waals surface area contributed by atoms with E-state index in [2.05, 4.69) is 0 Å². The summed E-state index contributed by atoms with van der Waals surface area (Å²) in [6.45, 7) is 0.180. The molecule has 0 spiro atoms. The van der Waals surface area contributed by atoms with Crippen LogP contribution in [0, 0.1) is 0 Å². The molecule has 1 N–H and O–H groups in total. The van der Waals surface area contributed by atoms with Crippen molar-refractivity contribution in [2.24, 2.45) is 0 Å². The van der Waals surface area contributed by atoms with Crippen molar-refractivity contribution in [2.75, 3.05) is 6.61 Å². The Balaban J connectivity index is 1.84. The highest BCUT2D eigenvalue weighted by atomic mass is 35.5. The molecule has 1 fully saturated rings. The molecule has 3 rings (SSSR count). The summed E-state index contributed by atoms with van der Waals surface area (Å²) >= 11 is 5.83. The molecule has 148 valence electrons. The van der Waals surface area contributed by atoms with Crippen molar-refractivity contribution in [3.63, 3.8) is 0 Å². The van der Waals surface area contributed by atoms with Gasteiger partial charge in [-0.25, -0.2) is 9.59 Å². The number of aromatic carboxylic acids is 1. The highest BCUT2D eigenvalue weighted by molar-refractivity contribution is 6.32. The monoisotopic (exact) mass is 416 g/mol. The zero-order valence-corrected chi connectivity index (χ0v) is 14.7. The van der Waals surface area contributed by atoms with E-state index in [-0.39, 0.29) is 40.9 Å². The maximum absolute atomic E-state index is 12.7. The lowest BCUT2D eigenvalue weighted by molar-refractivity contribution is -0.143. The highest BCUT2D eigenvalue weighted by Crippen LogP contribution is 2.37. The first-order chi connectivity index (χ1) is 13.1. The van der Waals surface area contributed by atoms with Crippen LogP contribution in [0.1, 0.15) is 22.3 Å². The van der Waals surface area contributed by atoms with Gasteiger partial charge < -0.3 is 19.3 Å². The van der Waals surface area contributed by atoms with Gasteiger partial charge in [-0.2, -0.15) is 13.2 Å². The van der Waals surface area contributed by atoms with Gasteiger partial charge in [0.25, 0.3) is 0 Å². The number of carbonyl (C=O) groups excluding carboxylic acids is 1. The molecule has 0 radical (unpaired) electrons. The zero-order chi connectivity index (χ0) is 20.5. The first-order valence-corrected chi connectivity index (χ1v) is 8.28. The largest absolute Gasteiger partial charge is 0.478 e. The summed E-state index contributed by atoms with van der Waals surface area (Å²) in [6.07, 6.45) is -5.18. The second kappa shape index (κ2) is 7.59. The predicted molar refractivity (Wildman–Crippen MR) is 89.9 cm³/mol. The van der Waals surface area contributed by atoms with Gasteiger partial charge in [0.2, 0.25) is 0 Å². The third kappa shape index (κ3) is 4.30. The number of benzene rings is 2. The van der Waals surface area contributed by atoms with Crippen molar-refractivity contribution in [1.82, 2.24) is 0 Å². The van der Waals surface area contributed by atoms with Crippen LogP contribution in [0.15, 0.2) is 36.4 Å². The van der Waals surface area contributed by atoms with Crippen molar-refractivity contribution < 1.29 is 42.1 Å². The van der Waals surface area contributed by atoms with Crippen LogP contribution in [0.5, 0.6) is 17.2 Å². The van der Waals surface area contributed by atoms with Gasteiger partial charge in [0.05, 0.1) is 17.2 Å². The van der Waals surface area contributed by atoms with E-state index in [9.17, 15) is 27.9 Å². The van der Waals surface area contributed by atoms with Crippen LogP contribution >= 0.6 is 11.6 Å². The summed E-state index contributed by atoms with van der Waals surface area (Å²) in [5.74, 6) is -2.07. The molecule has 1 saturated heterocycles. The fraction of sp³-hybridized carbons (Fsp3) is 0.222. The van der Waals surface area contributed by atoms with Gasteiger partial charge in [-0.05, 0) is 36.4 Å². The molecule has 0 aromatic heterocycles. The zero-order valence-electron chi connectivity index (χ0n) is 14.0. The Labute approximate surface area is 161 Å². The van der Waals surface area contributed by atoms with Gasteiger partial charge in [0.15, 0.2) is 6.10 Å². The molecule has 1 aliphatic heterocycles. The van der Waals surface area contributed by atoms with E-state index in [1.54, 1.807) is 0 Å². The maximum atomic E-state index is 12.7. The maximum Gasteiger partial charge on any atom is 0.416 e. The number of alkyl halides is 3. The minimum absolute atomic E-state index is 0.0143. The first kappa shape index (κ1) is 19.8. The molecular formula is C18H12ClF3O6. The Hall–Kier alpha value is -2.94. The molecule has 0 amide bonds. The van der Waals surface area contributed by atoms with Gasteiger partial charge >= 0.3 is 18.1 Å². The van der Waals surface area contributed by atoms with Gasteiger partial charge in [0.1, 0.15) is 22.8 Å². The predicted octanol–water partition coefficient (Wildman–Crippen LogP) is 4.54. The Morgan fingerprint density at radius 3 is 2.46 bits per heavy atom. The normalized spacial score (nSPS) is 16.6. The summed E-state index contributed by atoms with van der Waals surface area (Å²) in [6, 6.07) is 6.27. The van der Waals surface area contributed by atoms with Gasteiger partial charge in [-0.1, -0.05) is 11.6 Å². The lowest BCUT2D eigenvalue weighted by Crippen LogP contribution is -2.22. The Morgan fingerprint density at radius 2 is 1.89 bits per heavy atom. The van der Waals surface area contributed by atoms with Crippen LogP contribution in [-0.4, -0.2) is 29.8 Å². The molecule has 1 unspecified atom stereocenters. The fourth-order valence-electron chi connectivity index (χ4n) is 2.47. The number of carbonyl (C=O) groups is 2. The van der Waals surface area contributed by atoms with Crippen LogP contribution in [-0.2, 0) is 15.7 Å². The molecule has 1 atom stereocenters. The molecule has 2 aromatic carbocycles. The SMILES string of the molecule is O=C(O)c1cc(Oc2ccc(C(F)(F)F)cc2Cl)ccc1OC1CCOC1=O. The van der Waals surface area contributed by atoms with Crippen molar-refractivity contribution in [3.05, 3.63) is 52.5 Å². The molecule has 1 aliphatic rings. The number of rotatable bonds is 5. The van der Waals surface area contributed by atoms with E-state index in [0.29, 0.717) is 6.07 Å². The van der Waals surface area contributed by atoms with Crippen molar-refractivity contribution in [1.29, 1.82) is 0 Å². The van der Waals surface area contributed by atoms with E-state index in [1.165, 1.54) is 12.1 Å². The van der Waals surface area contributed by atoms with Crippen LogP contribution in [0.4, 0.5) is 13.2 Å². The molecule has 0 aliphatic carbocycles. The molecule has 0 bridgehead atoms. The number of cyclic esters (lactones) is 1. The number of carboxylic acids is 1. The van der Waals surface area contributed by atoms with Crippen molar-refractivity contribution >= 4 is 23.5 Å². The number of esters is 1. The summed E-state index contributed by atoms with van der Waals surface area (Å²) in [5.41, 5.74) is -1.23. The molecular weight excluding hydrogens is 405 g/mol. The average Bonchev–Trinajstić information content (AvgIpc) is 3.01. The van der Waals surface area contributed by atoms with Crippen LogP contribution in [0.2, 0.25) is 5.02 Å². The van der Waals surface area contributed by atoms with E-state index < -0.39 is 29.8 Å². The van der Waals surface area contributed by atoms with Gasteiger partial charge in [-0.15, -0.1) is 0 Å². The van der Waals surface area contributed by atoms with E-state index in [1.807, 2.05) is 0 Å². The summed E-state index contributed by atoms with van der Waals surface area (Å²) in [7, 11) is 0. The van der Waals surface area contributed by atoms with Crippen molar-refractivity contribution in [3.8, 4) is 17.2 Å². The Morgan fingerprint density at radius 1 is 1.18 bits per heavy atom. The minimum Gasteiger partial charge on any atom is -0.478 e. The number of hydrogen-bond acceptors (Lipinski definition) is 5. The molecule has 6 nitrogen and oxygen atoms in total. The van der Waals surface area contributed by atoms with Crippen LogP contribution in [0.25, 0.3) is 0 Å². The standard InChI is InChI=1S/C18H12ClF3O6/c19-12-7-9(18(20,21)22)1-3-14(12)27-10-2-4-13(11(8-10)16(23)24)28-15-5-6-26-17(15)25/h1-4,7-8,15H,5-6H2,(H,23,24). The third-order valence-corrected chi connectivity index (χ3v) is 4.12. The number of halogens is 4. The number of ether oxygens (including phenoxy) is 3. The highest BCUT2D eigenvalue weighted by Gasteiger charge is 2.31. The lowest BCUT2D eigenvalue weighted by Gasteiger charge is -2.15. The summed E-state index contributed by atoms with van der Waals surface area (Å²) < 4.78 is 53.6. The van der Waals surface area contributed by atoms with Gasteiger partial charge in [-0.3, -0.25) is 0 Å². The first-order valence-electron chi connectivity index (χ1n) is 7.90. The van der Waals surface area contributed by atoms with E-state index in [4.69, 9.17) is 25.8 Å². The van der Waals surface area contributed by atoms with Crippen LogP contribution < -0.4 is 9.47 Å². The van der Waals surface area contributed by atoms with Gasteiger partial charge in [0, 0.05) is 6.42 Å².